The molecule has 0 aliphatic rings. The van der Waals surface area contributed by atoms with E-state index >= 15 is 0 Å². The second kappa shape index (κ2) is 3.36. The summed E-state index contributed by atoms with van der Waals surface area (Å²) in [6.45, 7) is 8.96. The van der Waals surface area contributed by atoms with Gasteiger partial charge in [0, 0.05) is 3.57 Å². The van der Waals surface area contributed by atoms with Crippen molar-refractivity contribution < 1.29 is 0 Å². The van der Waals surface area contributed by atoms with E-state index < -0.39 is 0 Å². The van der Waals surface area contributed by atoms with E-state index in [1.165, 1.54) is 14.7 Å². The molecule has 0 aromatic heterocycles. The molecule has 1 aromatic rings. The average molecular weight is 274 g/mol. The SMILES string of the molecule is Cc1c(I)cccc1C(C)(C)C. The Morgan fingerprint density at radius 3 is 2.17 bits per heavy atom. The standard InChI is InChI=1S/C11H15I/c1-8-9(11(2,3)4)6-5-7-10(8)12/h5-7H,1-4H3. The minimum Gasteiger partial charge on any atom is -0.0609 e. The van der Waals surface area contributed by atoms with E-state index in [1.807, 2.05) is 0 Å². The summed E-state index contributed by atoms with van der Waals surface area (Å²) < 4.78 is 1.36. The van der Waals surface area contributed by atoms with Crippen LogP contribution < -0.4 is 0 Å². The maximum Gasteiger partial charge on any atom is 0.0162 e. The minimum absolute atomic E-state index is 0.269. The molecule has 0 aliphatic carbocycles. The quantitative estimate of drug-likeness (QED) is 0.629. The van der Waals surface area contributed by atoms with E-state index in [1.54, 1.807) is 0 Å². The van der Waals surface area contributed by atoms with Gasteiger partial charge in [0.25, 0.3) is 0 Å². The first-order valence-corrected chi connectivity index (χ1v) is 5.26. The summed E-state index contributed by atoms with van der Waals surface area (Å²) >= 11 is 2.39. The van der Waals surface area contributed by atoms with Gasteiger partial charge >= 0.3 is 0 Å². The highest BCUT2D eigenvalue weighted by Crippen LogP contribution is 2.27. The first-order chi connectivity index (χ1) is 5.43. The molecular weight excluding hydrogens is 259 g/mol. The minimum atomic E-state index is 0.269. The predicted octanol–water partition coefficient (Wildman–Crippen LogP) is 3.90. The van der Waals surface area contributed by atoms with Crippen LogP contribution in [0.15, 0.2) is 18.2 Å². The Morgan fingerprint density at radius 1 is 1.17 bits per heavy atom. The van der Waals surface area contributed by atoms with E-state index in [-0.39, 0.29) is 5.41 Å². The third-order valence-electron chi connectivity index (χ3n) is 2.08. The van der Waals surface area contributed by atoms with Gasteiger partial charge in [0.05, 0.1) is 0 Å². The molecule has 0 bridgehead atoms. The summed E-state index contributed by atoms with van der Waals surface area (Å²) in [5.41, 5.74) is 3.14. The lowest BCUT2D eigenvalue weighted by Crippen LogP contribution is -2.13. The lowest BCUT2D eigenvalue weighted by Gasteiger charge is -2.22. The molecule has 12 heavy (non-hydrogen) atoms. The first kappa shape index (κ1) is 10.0. The van der Waals surface area contributed by atoms with Crippen LogP contribution in [0.3, 0.4) is 0 Å². The van der Waals surface area contributed by atoms with E-state index in [0.717, 1.165) is 0 Å². The number of halogens is 1. The molecule has 0 fully saturated rings. The average Bonchev–Trinajstić information content (AvgIpc) is 1.92. The number of benzene rings is 1. The van der Waals surface area contributed by atoms with Crippen LogP contribution in [0.25, 0.3) is 0 Å². The predicted molar refractivity (Wildman–Crippen MR) is 62.6 cm³/mol. The van der Waals surface area contributed by atoms with Crippen molar-refractivity contribution in [3.05, 3.63) is 32.9 Å². The van der Waals surface area contributed by atoms with Crippen LogP contribution in [0.5, 0.6) is 0 Å². The molecular formula is C11H15I. The Morgan fingerprint density at radius 2 is 1.75 bits per heavy atom. The van der Waals surface area contributed by atoms with Crippen molar-refractivity contribution in [1.29, 1.82) is 0 Å². The maximum atomic E-state index is 2.39. The van der Waals surface area contributed by atoms with Crippen molar-refractivity contribution in [3.63, 3.8) is 0 Å². The van der Waals surface area contributed by atoms with Gasteiger partial charge in [-0.1, -0.05) is 32.9 Å². The highest BCUT2D eigenvalue weighted by molar-refractivity contribution is 14.1. The van der Waals surface area contributed by atoms with Gasteiger partial charge in [-0.2, -0.15) is 0 Å². The Hall–Kier alpha value is -0.0500. The molecule has 0 atom stereocenters. The van der Waals surface area contributed by atoms with Crippen molar-refractivity contribution in [3.8, 4) is 0 Å². The van der Waals surface area contributed by atoms with Gasteiger partial charge in [-0.3, -0.25) is 0 Å². The van der Waals surface area contributed by atoms with E-state index in [4.69, 9.17) is 0 Å². The third-order valence-corrected chi connectivity index (χ3v) is 3.24. The van der Waals surface area contributed by atoms with E-state index in [0.29, 0.717) is 0 Å². The van der Waals surface area contributed by atoms with Gasteiger partial charge in [-0.05, 0) is 52.1 Å². The van der Waals surface area contributed by atoms with Gasteiger partial charge < -0.3 is 0 Å². The van der Waals surface area contributed by atoms with Crippen LogP contribution >= 0.6 is 22.6 Å². The van der Waals surface area contributed by atoms with E-state index in [9.17, 15) is 0 Å². The number of hydrogen-bond donors (Lipinski definition) is 0. The van der Waals surface area contributed by atoms with Crippen LogP contribution in [-0.4, -0.2) is 0 Å². The molecule has 0 nitrogen and oxygen atoms in total. The molecule has 0 radical (unpaired) electrons. The molecule has 0 heterocycles. The molecule has 0 spiro atoms. The molecule has 66 valence electrons. The number of rotatable bonds is 0. The number of hydrogen-bond acceptors (Lipinski definition) is 0. The van der Waals surface area contributed by atoms with Gasteiger partial charge in [-0.15, -0.1) is 0 Å². The molecule has 1 rings (SSSR count). The zero-order valence-corrected chi connectivity index (χ0v) is 10.3. The van der Waals surface area contributed by atoms with E-state index in [2.05, 4.69) is 68.5 Å². The fourth-order valence-corrected chi connectivity index (χ4v) is 1.92. The van der Waals surface area contributed by atoms with Crippen molar-refractivity contribution in [2.45, 2.75) is 33.1 Å². The Kier molecular flexibility index (Phi) is 2.81. The topological polar surface area (TPSA) is 0 Å². The van der Waals surface area contributed by atoms with Gasteiger partial charge in [-0.25, -0.2) is 0 Å². The lowest BCUT2D eigenvalue weighted by molar-refractivity contribution is 0.585. The zero-order chi connectivity index (χ0) is 9.35. The smallest absolute Gasteiger partial charge is 0.0162 e. The van der Waals surface area contributed by atoms with Crippen molar-refractivity contribution in [2.75, 3.05) is 0 Å². The van der Waals surface area contributed by atoms with Crippen LogP contribution in [0.2, 0.25) is 0 Å². The van der Waals surface area contributed by atoms with Gasteiger partial charge in [0.1, 0.15) is 0 Å². The molecule has 1 heteroatoms. The van der Waals surface area contributed by atoms with Crippen molar-refractivity contribution in [2.24, 2.45) is 0 Å². The largest absolute Gasteiger partial charge is 0.0609 e. The lowest BCUT2D eigenvalue weighted by atomic mass is 9.84. The molecule has 0 amide bonds. The van der Waals surface area contributed by atoms with Crippen molar-refractivity contribution >= 4 is 22.6 Å². The first-order valence-electron chi connectivity index (χ1n) is 4.18. The fraction of sp³-hybridized carbons (Fsp3) is 0.455. The van der Waals surface area contributed by atoms with Gasteiger partial charge in [0.2, 0.25) is 0 Å². The highest BCUT2D eigenvalue weighted by Gasteiger charge is 2.16. The summed E-state index contributed by atoms with van der Waals surface area (Å²) in [6.07, 6.45) is 0. The van der Waals surface area contributed by atoms with Crippen LogP contribution in [-0.2, 0) is 5.41 Å². The summed E-state index contributed by atoms with van der Waals surface area (Å²) in [5.74, 6) is 0. The van der Waals surface area contributed by atoms with Crippen LogP contribution in [0.1, 0.15) is 31.9 Å². The molecule has 0 unspecified atom stereocenters. The summed E-state index contributed by atoms with van der Waals surface area (Å²) in [6, 6.07) is 6.51. The van der Waals surface area contributed by atoms with Gasteiger partial charge in [0.15, 0.2) is 0 Å². The van der Waals surface area contributed by atoms with Crippen LogP contribution in [0.4, 0.5) is 0 Å². The normalized spacial score (nSPS) is 11.8. The molecule has 0 aliphatic heterocycles. The highest BCUT2D eigenvalue weighted by atomic mass is 127. The zero-order valence-electron chi connectivity index (χ0n) is 8.11. The molecule has 0 saturated carbocycles. The maximum absolute atomic E-state index is 2.39. The Balaban J connectivity index is 3.26. The van der Waals surface area contributed by atoms with Crippen molar-refractivity contribution in [1.82, 2.24) is 0 Å². The summed E-state index contributed by atoms with van der Waals surface area (Å²) in [5, 5.41) is 0. The van der Waals surface area contributed by atoms with Crippen LogP contribution in [0, 0.1) is 10.5 Å². The fourth-order valence-electron chi connectivity index (χ4n) is 1.42. The second-order valence-electron chi connectivity index (χ2n) is 4.16. The molecule has 1 aromatic carbocycles. The Labute approximate surface area is 88.5 Å². The summed E-state index contributed by atoms with van der Waals surface area (Å²) in [4.78, 5) is 0. The second-order valence-corrected chi connectivity index (χ2v) is 5.32. The third kappa shape index (κ3) is 2.00. The molecule has 0 saturated heterocycles. The molecule has 0 N–H and O–H groups in total. The summed E-state index contributed by atoms with van der Waals surface area (Å²) in [7, 11) is 0. The monoisotopic (exact) mass is 274 g/mol. The Bertz CT molecular complexity index is 282.